The summed E-state index contributed by atoms with van der Waals surface area (Å²) in [6.07, 6.45) is 3.37. The average molecular weight is 327 g/mol. The third-order valence-corrected chi connectivity index (χ3v) is 3.66. The Morgan fingerprint density at radius 3 is 2.79 bits per heavy atom. The van der Waals surface area contributed by atoms with E-state index in [9.17, 15) is 4.79 Å². The summed E-state index contributed by atoms with van der Waals surface area (Å²) in [5.41, 5.74) is 2.12. The number of anilines is 1. The van der Waals surface area contributed by atoms with Gasteiger partial charge in [0.15, 0.2) is 0 Å². The predicted octanol–water partition coefficient (Wildman–Crippen LogP) is 3.86. The number of unbranched alkanes of at least 4 members (excludes halogenated alkanes) is 2. The molecule has 2 N–H and O–H groups in total. The maximum atomic E-state index is 11.9. The van der Waals surface area contributed by atoms with Gasteiger partial charge in [-0.1, -0.05) is 25.8 Å². The molecule has 0 bridgehead atoms. The van der Waals surface area contributed by atoms with Crippen molar-refractivity contribution in [1.29, 1.82) is 0 Å². The zero-order valence-electron chi connectivity index (χ0n) is 11.9. The fourth-order valence-electron chi connectivity index (χ4n) is 1.79. The van der Waals surface area contributed by atoms with Crippen LogP contribution in [0.5, 0.6) is 0 Å². The number of hydrogen-bond donors (Lipinski definition) is 2. The minimum absolute atomic E-state index is 0.0458. The molecule has 1 unspecified atom stereocenters. The number of hydrogen-bond acceptors (Lipinski definition) is 2. The topological polar surface area (TPSA) is 41.1 Å². The molecule has 0 heterocycles. The van der Waals surface area contributed by atoms with Gasteiger partial charge >= 0.3 is 0 Å². The summed E-state index contributed by atoms with van der Waals surface area (Å²) in [5, 5.41) is 6.19. The summed E-state index contributed by atoms with van der Waals surface area (Å²) in [5.74, 6) is 0.0458. The molecule has 0 fully saturated rings. The van der Waals surface area contributed by atoms with Crippen LogP contribution in [0.3, 0.4) is 0 Å². The maximum Gasteiger partial charge on any atom is 0.242 e. The third-order valence-electron chi connectivity index (χ3n) is 2.97. The molecule has 3 nitrogen and oxygen atoms in total. The molecule has 0 saturated carbocycles. The number of rotatable bonds is 7. The number of benzene rings is 1. The van der Waals surface area contributed by atoms with Gasteiger partial charge in [-0.05, 0) is 53.9 Å². The molecule has 1 atom stereocenters. The highest BCUT2D eigenvalue weighted by Gasteiger charge is 2.13. The van der Waals surface area contributed by atoms with Crippen LogP contribution in [0.2, 0.25) is 0 Å². The van der Waals surface area contributed by atoms with Gasteiger partial charge in [-0.2, -0.15) is 0 Å². The highest BCUT2D eigenvalue weighted by Crippen LogP contribution is 2.23. The first kappa shape index (κ1) is 16.0. The van der Waals surface area contributed by atoms with E-state index < -0.39 is 0 Å². The zero-order valence-corrected chi connectivity index (χ0v) is 13.5. The van der Waals surface area contributed by atoms with Crippen molar-refractivity contribution in [2.24, 2.45) is 0 Å². The fourth-order valence-corrected chi connectivity index (χ4v) is 2.15. The van der Waals surface area contributed by atoms with E-state index in [-0.39, 0.29) is 11.9 Å². The van der Waals surface area contributed by atoms with E-state index in [0.29, 0.717) is 0 Å². The number of nitrogens with one attached hydrogen (secondary N) is 2. The Bertz CT molecular complexity index is 421. The first-order valence-corrected chi connectivity index (χ1v) is 7.64. The van der Waals surface area contributed by atoms with Crippen molar-refractivity contribution in [3.63, 3.8) is 0 Å². The standard InChI is InChI=1S/C15H23BrN2O/c1-4-5-6-9-17-15(19)12(3)18-14-10-11(2)7-8-13(14)16/h7-8,10,12,18H,4-6,9H2,1-3H3,(H,17,19). The van der Waals surface area contributed by atoms with E-state index in [0.717, 1.165) is 29.5 Å². The average Bonchev–Trinajstić information content (AvgIpc) is 2.38. The van der Waals surface area contributed by atoms with Crippen LogP contribution < -0.4 is 10.6 Å². The van der Waals surface area contributed by atoms with E-state index in [2.05, 4.69) is 33.5 Å². The SMILES string of the molecule is CCCCCNC(=O)C(C)Nc1cc(C)ccc1Br. The van der Waals surface area contributed by atoms with Crippen molar-refractivity contribution in [3.8, 4) is 0 Å². The van der Waals surface area contributed by atoms with E-state index in [1.54, 1.807) is 0 Å². The van der Waals surface area contributed by atoms with Gasteiger partial charge in [0.1, 0.15) is 6.04 Å². The molecule has 1 aromatic carbocycles. The Balaban J connectivity index is 2.47. The normalized spacial score (nSPS) is 12.0. The molecule has 0 aliphatic carbocycles. The summed E-state index contributed by atoms with van der Waals surface area (Å²) in [6.45, 7) is 6.83. The molecule has 1 amide bonds. The van der Waals surface area contributed by atoms with E-state index >= 15 is 0 Å². The summed E-state index contributed by atoms with van der Waals surface area (Å²) < 4.78 is 0.976. The van der Waals surface area contributed by atoms with Crippen LogP contribution in [-0.4, -0.2) is 18.5 Å². The van der Waals surface area contributed by atoms with Crippen LogP contribution >= 0.6 is 15.9 Å². The van der Waals surface area contributed by atoms with Gasteiger partial charge in [0.05, 0.1) is 0 Å². The summed E-state index contributed by atoms with van der Waals surface area (Å²) in [7, 11) is 0. The first-order valence-electron chi connectivity index (χ1n) is 6.85. The van der Waals surface area contributed by atoms with Crippen molar-refractivity contribution in [1.82, 2.24) is 5.32 Å². The predicted molar refractivity (Wildman–Crippen MR) is 84.5 cm³/mol. The van der Waals surface area contributed by atoms with Gasteiger partial charge in [-0.25, -0.2) is 0 Å². The van der Waals surface area contributed by atoms with Crippen LogP contribution in [0.1, 0.15) is 38.7 Å². The van der Waals surface area contributed by atoms with Crippen molar-refractivity contribution in [2.45, 2.75) is 46.1 Å². The molecule has 106 valence electrons. The molecule has 0 aliphatic heterocycles. The lowest BCUT2D eigenvalue weighted by atomic mass is 10.2. The van der Waals surface area contributed by atoms with E-state index in [1.807, 2.05) is 32.0 Å². The molecular formula is C15H23BrN2O. The second kappa shape index (κ2) is 8.20. The Kier molecular flexibility index (Phi) is 6.92. The lowest BCUT2D eigenvalue weighted by molar-refractivity contribution is -0.121. The molecule has 4 heteroatoms. The monoisotopic (exact) mass is 326 g/mol. The van der Waals surface area contributed by atoms with Gasteiger partial charge in [0.2, 0.25) is 5.91 Å². The Labute approximate surface area is 124 Å². The molecule has 0 aliphatic rings. The quantitative estimate of drug-likeness (QED) is 0.747. The fraction of sp³-hybridized carbons (Fsp3) is 0.533. The van der Waals surface area contributed by atoms with Crippen LogP contribution in [-0.2, 0) is 4.79 Å². The number of carbonyl (C=O) groups excluding carboxylic acids is 1. The summed E-state index contributed by atoms with van der Waals surface area (Å²) in [4.78, 5) is 11.9. The summed E-state index contributed by atoms with van der Waals surface area (Å²) >= 11 is 3.49. The second-order valence-electron chi connectivity index (χ2n) is 4.85. The van der Waals surface area contributed by atoms with Gasteiger partial charge in [-0.15, -0.1) is 0 Å². The Morgan fingerprint density at radius 1 is 1.37 bits per heavy atom. The summed E-state index contributed by atoms with van der Waals surface area (Å²) in [6, 6.07) is 5.82. The van der Waals surface area contributed by atoms with Gasteiger partial charge in [0, 0.05) is 16.7 Å². The largest absolute Gasteiger partial charge is 0.373 e. The Morgan fingerprint density at radius 2 is 2.11 bits per heavy atom. The highest BCUT2D eigenvalue weighted by atomic mass is 79.9. The second-order valence-corrected chi connectivity index (χ2v) is 5.70. The highest BCUT2D eigenvalue weighted by molar-refractivity contribution is 9.10. The van der Waals surface area contributed by atoms with Crippen molar-refractivity contribution < 1.29 is 4.79 Å². The molecular weight excluding hydrogens is 304 g/mol. The van der Waals surface area contributed by atoms with E-state index in [1.165, 1.54) is 12.0 Å². The van der Waals surface area contributed by atoms with Gasteiger partial charge in [-0.3, -0.25) is 4.79 Å². The molecule has 1 rings (SSSR count). The Hall–Kier alpha value is -1.03. The van der Waals surface area contributed by atoms with Crippen molar-refractivity contribution >= 4 is 27.5 Å². The van der Waals surface area contributed by atoms with Gasteiger partial charge < -0.3 is 10.6 Å². The molecule has 0 radical (unpaired) electrons. The lowest BCUT2D eigenvalue weighted by Gasteiger charge is -2.16. The third kappa shape index (κ3) is 5.64. The number of aryl methyl sites for hydroxylation is 1. The van der Waals surface area contributed by atoms with Crippen LogP contribution in [0, 0.1) is 6.92 Å². The number of halogens is 1. The number of amides is 1. The van der Waals surface area contributed by atoms with Gasteiger partial charge in [0.25, 0.3) is 0 Å². The minimum atomic E-state index is -0.236. The molecule has 1 aromatic rings. The van der Waals surface area contributed by atoms with Crippen LogP contribution in [0.15, 0.2) is 22.7 Å². The van der Waals surface area contributed by atoms with Crippen molar-refractivity contribution in [2.75, 3.05) is 11.9 Å². The number of carbonyl (C=O) groups is 1. The molecule has 0 spiro atoms. The molecule has 0 aromatic heterocycles. The van der Waals surface area contributed by atoms with Crippen molar-refractivity contribution in [3.05, 3.63) is 28.2 Å². The van der Waals surface area contributed by atoms with Crippen LogP contribution in [0.4, 0.5) is 5.69 Å². The maximum absolute atomic E-state index is 11.9. The zero-order chi connectivity index (χ0) is 14.3. The molecule has 19 heavy (non-hydrogen) atoms. The first-order chi connectivity index (χ1) is 9.04. The van der Waals surface area contributed by atoms with E-state index in [4.69, 9.17) is 0 Å². The smallest absolute Gasteiger partial charge is 0.242 e. The minimum Gasteiger partial charge on any atom is -0.373 e. The molecule has 0 saturated heterocycles. The lowest BCUT2D eigenvalue weighted by Crippen LogP contribution is -2.38. The van der Waals surface area contributed by atoms with Crippen LogP contribution in [0.25, 0.3) is 0 Å².